The fourth-order valence-electron chi connectivity index (χ4n) is 1.47. The average Bonchev–Trinajstić information content (AvgIpc) is 2.13. The minimum Gasteiger partial charge on any atom is -0.0622 e. The van der Waals surface area contributed by atoms with E-state index in [9.17, 15) is 0 Å². The summed E-state index contributed by atoms with van der Waals surface area (Å²) in [6, 6.07) is 0. The first-order valence-electron chi connectivity index (χ1n) is 3.99. The molecule has 0 bridgehead atoms. The number of rotatable bonds is 1. The molecule has 0 aromatic rings. The van der Waals surface area contributed by atoms with Gasteiger partial charge in [-0.2, -0.15) is 0 Å². The molecule has 1 saturated carbocycles. The van der Waals surface area contributed by atoms with Crippen LogP contribution < -0.4 is 0 Å². The minimum atomic E-state index is 0.565. The summed E-state index contributed by atoms with van der Waals surface area (Å²) in [7, 11) is 0. The van der Waals surface area contributed by atoms with E-state index in [1.165, 1.54) is 12.8 Å². The van der Waals surface area contributed by atoms with Crippen LogP contribution in [0.4, 0.5) is 0 Å². The van der Waals surface area contributed by atoms with Crippen LogP contribution in [-0.2, 0) is 0 Å². The van der Waals surface area contributed by atoms with Gasteiger partial charge in [-0.3, -0.25) is 0 Å². The average molecular weight is 126 g/mol. The molecular weight excluding hydrogens is 108 g/mol. The Morgan fingerprint density at radius 2 is 1.78 bits per heavy atom. The molecule has 0 aromatic carbocycles. The topological polar surface area (TPSA) is 0 Å². The summed E-state index contributed by atoms with van der Waals surface area (Å²) < 4.78 is 0. The van der Waals surface area contributed by atoms with Gasteiger partial charge < -0.3 is 0 Å². The standard InChI is InChI=1S/C9H18/c1-7-5-8(7)6-9(2,3)4/h7-8H,5-6H2,1-4H3/t7-,8+/m1/s1. The lowest BCUT2D eigenvalue weighted by Crippen LogP contribution is -2.05. The Morgan fingerprint density at radius 1 is 1.33 bits per heavy atom. The molecule has 0 spiro atoms. The zero-order valence-electron chi connectivity index (χ0n) is 7.07. The Balaban J connectivity index is 2.19. The Bertz CT molecular complexity index is 97.1. The van der Waals surface area contributed by atoms with Crippen LogP contribution in [0.25, 0.3) is 0 Å². The molecule has 0 aliphatic heterocycles. The van der Waals surface area contributed by atoms with Crippen molar-refractivity contribution < 1.29 is 0 Å². The zero-order valence-corrected chi connectivity index (χ0v) is 7.07. The minimum absolute atomic E-state index is 0.565. The van der Waals surface area contributed by atoms with E-state index in [1.54, 1.807) is 0 Å². The molecule has 0 heteroatoms. The molecule has 0 aromatic heterocycles. The van der Waals surface area contributed by atoms with Crippen LogP contribution in [0.15, 0.2) is 0 Å². The van der Waals surface area contributed by atoms with Gasteiger partial charge in [-0.1, -0.05) is 27.7 Å². The predicted octanol–water partition coefficient (Wildman–Crippen LogP) is 3.08. The lowest BCUT2D eigenvalue weighted by Gasteiger charge is -2.17. The number of hydrogen-bond acceptors (Lipinski definition) is 0. The molecule has 0 unspecified atom stereocenters. The highest BCUT2D eigenvalue weighted by Crippen LogP contribution is 2.45. The highest BCUT2D eigenvalue weighted by Gasteiger charge is 2.35. The molecule has 54 valence electrons. The molecule has 1 rings (SSSR count). The Kier molecular flexibility index (Phi) is 1.58. The summed E-state index contributed by atoms with van der Waals surface area (Å²) in [6.07, 6.45) is 2.91. The van der Waals surface area contributed by atoms with Gasteiger partial charge in [0.05, 0.1) is 0 Å². The Morgan fingerprint density at radius 3 is 1.89 bits per heavy atom. The van der Waals surface area contributed by atoms with E-state index in [0.29, 0.717) is 5.41 Å². The first-order chi connectivity index (χ1) is 3.99. The van der Waals surface area contributed by atoms with Gasteiger partial charge in [-0.05, 0) is 30.1 Å². The lowest BCUT2D eigenvalue weighted by molar-refractivity contribution is 0.346. The van der Waals surface area contributed by atoms with Crippen molar-refractivity contribution in [1.29, 1.82) is 0 Å². The summed E-state index contributed by atoms with van der Waals surface area (Å²) >= 11 is 0. The van der Waals surface area contributed by atoms with Gasteiger partial charge in [0.25, 0.3) is 0 Å². The van der Waals surface area contributed by atoms with Crippen LogP contribution in [0.2, 0.25) is 0 Å². The highest BCUT2D eigenvalue weighted by molar-refractivity contribution is 4.85. The van der Waals surface area contributed by atoms with Crippen molar-refractivity contribution in [2.45, 2.75) is 40.5 Å². The fraction of sp³-hybridized carbons (Fsp3) is 1.00. The summed E-state index contributed by atoms with van der Waals surface area (Å²) in [5.41, 5.74) is 0.565. The molecule has 0 saturated heterocycles. The molecule has 1 aliphatic rings. The Hall–Kier alpha value is 0. The van der Waals surface area contributed by atoms with Crippen LogP contribution >= 0.6 is 0 Å². The van der Waals surface area contributed by atoms with Crippen molar-refractivity contribution in [3.8, 4) is 0 Å². The monoisotopic (exact) mass is 126 g/mol. The maximum Gasteiger partial charge on any atom is -0.0380 e. The summed E-state index contributed by atoms with van der Waals surface area (Å²) in [4.78, 5) is 0. The molecule has 0 nitrogen and oxygen atoms in total. The molecule has 0 N–H and O–H groups in total. The first-order valence-corrected chi connectivity index (χ1v) is 3.99. The van der Waals surface area contributed by atoms with Gasteiger partial charge in [0.15, 0.2) is 0 Å². The smallest absolute Gasteiger partial charge is 0.0380 e. The van der Waals surface area contributed by atoms with Crippen LogP contribution in [-0.4, -0.2) is 0 Å². The van der Waals surface area contributed by atoms with E-state index >= 15 is 0 Å². The van der Waals surface area contributed by atoms with Gasteiger partial charge in [0, 0.05) is 0 Å². The van der Waals surface area contributed by atoms with E-state index in [-0.39, 0.29) is 0 Å². The van der Waals surface area contributed by atoms with Crippen LogP contribution in [0.1, 0.15) is 40.5 Å². The third kappa shape index (κ3) is 2.38. The summed E-state index contributed by atoms with van der Waals surface area (Å²) in [5, 5.41) is 0. The number of hydrogen-bond donors (Lipinski definition) is 0. The van der Waals surface area contributed by atoms with Crippen molar-refractivity contribution in [3.63, 3.8) is 0 Å². The largest absolute Gasteiger partial charge is 0.0622 e. The molecule has 9 heavy (non-hydrogen) atoms. The fourth-order valence-corrected chi connectivity index (χ4v) is 1.47. The second kappa shape index (κ2) is 2.00. The lowest BCUT2D eigenvalue weighted by atomic mass is 9.89. The quantitative estimate of drug-likeness (QED) is 0.506. The molecule has 0 amide bonds. The summed E-state index contributed by atoms with van der Waals surface area (Å²) in [6.45, 7) is 9.35. The van der Waals surface area contributed by atoms with Gasteiger partial charge in [-0.25, -0.2) is 0 Å². The van der Waals surface area contributed by atoms with Gasteiger partial charge >= 0.3 is 0 Å². The third-order valence-electron chi connectivity index (χ3n) is 2.15. The second-order valence-corrected chi connectivity index (χ2v) is 4.74. The molecule has 0 radical (unpaired) electrons. The van der Waals surface area contributed by atoms with E-state index in [2.05, 4.69) is 27.7 Å². The van der Waals surface area contributed by atoms with Crippen molar-refractivity contribution in [3.05, 3.63) is 0 Å². The highest BCUT2D eigenvalue weighted by atomic mass is 14.4. The van der Waals surface area contributed by atoms with E-state index < -0.39 is 0 Å². The van der Waals surface area contributed by atoms with Crippen molar-refractivity contribution in [1.82, 2.24) is 0 Å². The van der Waals surface area contributed by atoms with Gasteiger partial charge in [0.2, 0.25) is 0 Å². The van der Waals surface area contributed by atoms with Crippen LogP contribution in [0.3, 0.4) is 0 Å². The van der Waals surface area contributed by atoms with E-state index in [1.807, 2.05) is 0 Å². The van der Waals surface area contributed by atoms with Crippen molar-refractivity contribution >= 4 is 0 Å². The molecule has 1 fully saturated rings. The van der Waals surface area contributed by atoms with Crippen LogP contribution in [0, 0.1) is 17.3 Å². The second-order valence-electron chi connectivity index (χ2n) is 4.74. The van der Waals surface area contributed by atoms with E-state index in [4.69, 9.17) is 0 Å². The van der Waals surface area contributed by atoms with Crippen molar-refractivity contribution in [2.24, 2.45) is 17.3 Å². The molecule has 0 heterocycles. The van der Waals surface area contributed by atoms with Gasteiger partial charge in [0.1, 0.15) is 0 Å². The molecule has 1 aliphatic carbocycles. The van der Waals surface area contributed by atoms with Gasteiger partial charge in [-0.15, -0.1) is 0 Å². The predicted molar refractivity (Wildman–Crippen MR) is 41.3 cm³/mol. The maximum atomic E-state index is 2.36. The molecule has 2 atom stereocenters. The SMILES string of the molecule is C[C@@H]1C[C@H]1CC(C)(C)C. The third-order valence-corrected chi connectivity index (χ3v) is 2.15. The normalized spacial score (nSPS) is 34.7. The maximum absolute atomic E-state index is 2.36. The van der Waals surface area contributed by atoms with Crippen LogP contribution in [0.5, 0.6) is 0 Å². The zero-order chi connectivity index (χ0) is 7.07. The first kappa shape index (κ1) is 7.11. The Labute approximate surface area is 58.7 Å². The van der Waals surface area contributed by atoms with E-state index in [0.717, 1.165) is 11.8 Å². The van der Waals surface area contributed by atoms with Crippen molar-refractivity contribution in [2.75, 3.05) is 0 Å². The summed E-state index contributed by atoms with van der Waals surface area (Å²) in [5.74, 6) is 2.09. The molecular formula is C9H18.